The summed E-state index contributed by atoms with van der Waals surface area (Å²) >= 11 is 0. The first kappa shape index (κ1) is 11.5. The number of nitrogens with zero attached hydrogens (tertiary/aromatic N) is 1. The molecule has 0 spiro atoms. The van der Waals surface area contributed by atoms with Crippen LogP contribution in [0.5, 0.6) is 0 Å². The lowest BCUT2D eigenvalue weighted by Gasteiger charge is -2.21. The second-order valence-corrected chi connectivity index (χ2v) is 4.78. The predicted molar refractivity (Wildman–Crippen MR) is 54.8 cm³/mol. The second-order valence-electron chi connectivity index (χ2n) is 4.78. The van der Waals surface area contributed by atoms with E-state index in [2.05, 4.69) is 23.5 Å². The van der Waals surface area contributed by atoms with Crippen molar-refractivity contribution in [2.24, 2.45) is 11.1 Å². The van der Waals surface area contributed by atoms with Gasteiger partial charge in [-0.3, -0.25) is 4.79 Å². The molecule has 0 radical (unpaired) electrons. The highest BCUT2D eigenvalue weighted by atomic mass is 16.5. The molecule has 0 amide bonds. The predicted octanol–water partition coefficient (Wildman–Crippen LogP) is 0.219. The van der Waals surface area contributed by atoms with E-state index in [4.69, 9.17) is 5.73 Å². The van der Waals surface area contributed by atoms with Crippen LogP contribution < -0.4 is 5.73 Å². The molecule has 0 saturated carbocycles. The topological polar surface area (TPSA) is 55.6 Å². The van der Waals surface area contributed by atoms with E-state index in [0.29, 0.717) is 12.0 Å². The number of carbonyl (C=O) groups excluding carboxylic acids is 1. The summed E-state index contributed by atoms with van der Waals surface area (Å²) in [5.74, 6) is -0.324. The molecule has 2 N–H and O–H groups in total. The summed E-state index contributed by atoms with van der Waals surface area (Å²) in [5, 5.41) is 0. The molecule has 1 saturated heterocycles. The Kier molecular flexibility index (Phi) is 3.50. The molecule has 1 atom stereocenters. The van der Waals surface area contributed by atoms with Gasteiger partial charge in [-0.25, -0.2) is 0 Å². The molecule has 0 bridgehead atoms. The SMILES string of the molecule is COC(=O)C(N)CN1CCC(C)(C)C1. The summed E-state index contributed by atoms with van der Waals surface area (Å²) in [6, 6.07) is -0.506. The third-order valence-corrected chi connectivity index (χ3v) is 2.72. The third-order valence-electron chi connectivity index (χ3n) is 2.72. The first-order chi connectivity index (χ1) is 6.44. The first-order valence-electron chi connectivity index (χ1n) is 5.00. The van der Waals surface area contributed by atoms with Crippen LogP contribution in [0.1, 0.15) is 20.3 Å². The number of rotatable bonds is 3. The largest absolute Gasteiger partial charge is 0.468 e. The molecule has 1 heterocycles. The van der Waals surface area contributed by atoms with Crippen molar-refractivity contribution >= 4 is 5.97 Å². The highest BCUT2D eigenvalue weighted by Crippen LogP contribution is 2.28. The minimum Gasteiger partial charge on any atom is -0.468 e. The molecule has 82 valence electrons. The van der Waals surface area contributed by atoms with Crippen LogP contribution in [0, 0.1) is 5.41 Å². The van der Waals surface area contributed by atoms with Gasteiger partial charge in [0.05, 0.1) is 7.11 Å². The number of carbonyl (C=O) groups is 1. The van der Waals surface area contributed by atoms with Crippen LogP contribution in [0.4, 0.5) is 0 Å². The quantitative estimate of drug-likeness (QED) is 0.662. The van der Waals surface area contributed by atoms with Crippen molar-refractivity contribution in [1.29, 1.82) is 0 Å². The van der Waals surface area contributed by atoms with Gasteiger partial charge >= 0.3 is 5.97 Å². The molecule has 14 heavy (non-hydrogen) atoms. The Balaban J connectivity index is 2.36. The van der Waals surface area contributed by atoms with Gasteiger partial charge in [0.2, 0.25) is 0 Å². The maximum absolute atomic E-state index is 11.1. The van der Waals surface area contributed by atoms with E-state index in [9.17, 15) is 4.79 Å². The number of hydrogen-bond acceptors (Lipinski definition) is 4. The summed E-state index contributed by atoms with van der Waals surface area (Å²) in [6.45, 7) is 7.11. The normalized spacial score (nSPS) is 23.4. The van der Waals surface area contributed by atoms with Crippen molar-refractivity contribution in [2.75, 3.05) is 26.7 Å². The van der Waals surface area contributed by atoms with Crippen LogP contribution in [0.2, 0.25) is 0 Å². The van der Waals surface area contributed by atoms with Gasteiger partial charge in [0.15, 0.2) is 0 Å². The molecule has 1 unspecified atom stereocenters. The molecular weight excluding hydrogens is 180 g/mol. The number of methoxy groups -OCH3 is 1. The van der Waals surface area contributed by atoms with E-state index in [1.807, 2.05) is 0 Å². The lowest BCUT2D eigenvalue weighted by atomic mass is 9.93. The van der Waals surface area contributed by atoms with Crippen molar-refractivity contribution in [3.05, 3.63) is 0 Å². The molecule has 0 aromatic heterocycles. The van der Waals surface area contributed by atoms with Crippen molar-refractivity contribution < 1.29 is 9.53 Å². The summed E-state index contributed by atoms with van der Waals surface area (Å²) in [7, 11) is 1.37. The van der Waals surface area contributed by atoms with E-state index < -0.39 is 6.04 Å². The first-order valence-corrected chi connectivity index (χ1v) is 5.00. The Morgan fingerprint density at radius 3 is 2.71 bits per heavy atom. The van der Waals surface area contributed by atoms with Gasteiger partial charge in [0, 0.05) is 13.1 Å². The second kappa shape index (κ2) is 4.28. The molecule has 0 aromatic carbocycles. The highest BCUT2D eigenvalue weighted by Gasteiger charge is 2.30. The van der Waals surface area contributed by atoms with Gasteiger partial charge in [-0.15, -0.1) is 0 Å². The molecule has 4 heteroatoms. The molecule has 0 aromatic rings. The monoisotopic (exact) mass is 200 g/mol. The van der Waals surface area contributed by atoms with Gasteiger partial charge in [-0.2, -0.15) is 0 Å². The molecular formula is C10H20N2O2. The van der Waals surface area contributed by atoms with Gasteiger partial charge in [0.25, 0.3) is 0 Å². The Morgan fingerprint density at radius 1 is 1.64 bits per heavy atom. The number of nitrogens with two attached hydrogens (primary N) is 1. The Hall–Kier alpha value is -0.610. The van der Waals surface area contributed by atoms with Crippen LogP contribution in [0.3, 0.4) is 0 Å². The molecule has 1 aliphatic rings. The maximum Gasteiger partial charge on any atom is 0.323 e. The van der Waals surface area contributed by atoms with Crippen LogP contribution in [0.25, 0.3) is 0 Å². The Labute approximate surface area is 85.4 Å². The molecule has 1 aliphatic heterocycles. The van der Waals surface area contributed by atoms with Crippen LogP contribution >= 0.6 is 0 Å². The third kappa shape index (κ3) is 2.96. The summed E-state index contributed by atoms with van der Waals surface area (Å²) < 4.78 is 4.58. The van der Waals surface area contributed by atoms with Crippen LogP contribution in [-0.4, -0.2) is 43.7 Å². The average molecular weight is 200 g/mol. The fraction of sp³-hybridized carbons (Fsp3) is 0.900. The molecule has 4 nitrogen and oxygen atoms in total. The highest BCUT2D eigenvalue weighted by molar-refractivity contribution is 5.75. The standard InChI is InChI=1S/C10H20N2O2/c1-10(2)4-5-12(7-10)6-8(11)9(13)14-3/h8H,4-7,11H2,1-3H3. The van der Waals surface area contributed by atoms with E-state index in [0.717, 1.165) is 13.1 Å². The average Bonchev–Trinajstić information content (AvgIpc) is 2.44. The van der Waals surface area contributed by atoms with Gasteiger partial charge in [0.1, 0.15) is 6.04 Å². The van der Waals surface area contributed by atoms with Crippen molar-refractivity contribution in [1.82, 2.24) is 4.90 Å². The zero-order valence-corrected chi connectivity index (χ0v) is 9.25. The van der Waals surface area contributed by atoms with Gasteiger partial charge < -0.3 is 15.4 Å². The molecule has 1 rings (SSSR count). The minimum atomic E-state index is -0.506. The zero-order valence-electron chi connectivity index (χ0n) is 9.25. The van der Waals surface area contributed by atoms with Crippen molar-refractivity contribution in [3.8, 4) is 0 Å². The zero-order chi connectivity index (χ0) is 10.8. The molecule has 1 fully saturated rings. The smallest absolute Gasteiger partial charge is 0.323 e. The fourth-order valence-corrected chi connectivity index (χ4v) is 1.88. The minimum absolute atomic E-state index is 0.324. The van der Waals surface area contributed by atoms with Crippen LogP contribution in [0.15, 0.2) is 0 Å². The van der Waals surface area contributed by atoms with Crippen molar-refractivity contribution in [2.45, 2.75) is 26.3 Å². The Bertz CT molecular complexity index is 216. The number of hydrogen-bond donors (Lipinski definition) is 1. The fourth-order valence-electron chi connectivity index (χ4n) is 1.88. The maximum atomic E-state index is 11.1. The van der Waals surface area contributed by atoms with E-state index in [-0.39, 0.29) is 5.97 Å². The summed E-state index contributed by atoms with van der Waals surface area (Å²) in [4.78, 5) is 13.3. The van der Waals surface area contributed by atoms with Gasteiger partial charge in [-0.05, 0) is 18.4 Å². The summed E-state index contributed by atoms with van der Waals surface area (Å²) in [6.07, 6.45) is 1.17. The summed E-state index contributed by atoms with van der Waals surface area (Å²) in [5.41, 5.74) is 6.04. The van der Waals surface area contributed by atoms with E-state index in [1.165, 1.54) is 13.5 Å². The van der Waals surface area contributed by atoms with Crippen LogP contribution in [-0.2, 0) is 9.53 Å². The molecule has 0 aliphatic carbocycles. The van der Waals surface area contributed by atoms with E-state index >= 15 is 0 Å². The van der Waals surface area contributed by atoms with Gasteiger partial charge in [-0.1, -0.05) is 13.8 Å². The van der Waals surface area contributed by atoms with Crippen molar-refractivity contribution in [3.63, 3.8) is 0 Å². The Morgan fingerprint density at radius 2 is 2.29 bits per heavy atom. The number of likely N-dealkylation sites (tertiary alicyclic amines) is 1. The number of esters is 1. The lowest BCUT2D eigenvalue weighted by molar-refractivity contribution is -0.142. The lowest BCUT2D eigenvalue weighted by Crippen LogP contribution is -2.42. The number of ether oxygens (including phenoxy) is 1. The van der Waals surface area contributed by atoms with E-state index in [1.54, 1.807) is 0 Å².